The SMILES string of the molecule is COc1ccc(C2/C(=C(\O)c3ccc4c(c3)CC(C)O4)C(=O)C(=O)N2c2nnc(SCc3ccc(Cl)cc3)s2)cc1. The number of benzene rings is 3. The van der Waals surface area contributed by atoms with E-state index in [1.54, 1.807) is 43.5 Å². The number of amides is 1. The number of carbonyl (C=O) groups is 2. The number of ketones is 1. The standard InChI is InChI=1S/C30H24ClN3O5S2/c1-16-13-20-14-19(7-12-23(20)39-16)26(35)24-25(18-5-10-22(38-2)11-6-18)34(28(37)27(24)36)29-32-33-30(41-29)40-15-17-3-8-21(31)9-4-17/h3-12,14,16,25,35H,13,15H2,1-2H3/b26-24+. The Kier molecular flexibility index (Phi) is 7.46. The fourth-order valence-corrected chi connectivity index (χ4v) is 6.89. The van der Waals surface area contributed by atoms with Gasteiger partial charge < -0.3 is 14.6 Å². The number of rotatable bonds is 7. The molecule has 6 rings (SSSR count). The number of anilines is 1. The normalized spacial score (nSPS) is 19.3. The molecule has 11 heteroatoms. The minimum atomic E-state index is -0.911. The van der Waals surface area contributed by atoms with Gasteiger partial charge in [0.1, 0.15) is 23.4 Å². The highest BCUT2D eigenvalue weighted by atomic mass is 35.5. The molecule has 4 aromatic rings. The summed E-state index contributed by atoms with van der Waals surface area (Å²) in [6.45, 7) is 1.97. The molecule has 0 spiro atoms. The van der Waals surface area contributed by atoms with E-state index in [0.717, 1.165) is 16.9 Å². The van der Waals surface area contributed by atoms with Gasteiger partial charge in [-0.25, -0.2) is 0 Å². The number of methoxy groups -OCH3 is 1. The summed E-state index contributed by atoms with van der Waals surface area (Å²) < 4.78 is 11.7. The van der Waals surface area contributed by atoms with Crippen LogP contribution in [0.1, 0.15) is 35.2 Å². The van der Waals surface area contributed by atoms with Crippen molar-refractivity contribution >= 4 is 57.3 Å². The van der Waals surface area contributed by atoms with Crippen molar-refractivity contribution in [2.24, 2.45) is 0 Å². The molecule has 2 atom stereocenters. The third kappa shape index (κ3) is 5.30. The molecule has 3 aromatic carbocycles. The highest BCUT2D eigenvalue weighted by Crippen LogP contribution is 2.45. The summed E-state index contributed by atoms with van der Waals surface area (Å²) >= 11 is 8.67. The lowest BCUT2D eigenvalue weighted by Crippen LogP contribution is -2.29. The molecule has 0 saturated carbocycles. The van der Waals surface area contributed by atoms with E-state index in [0.29, 0.717) is 38.4 Å². The maximum atomic E-state index is 13.5. The van der Waals surface area contributed by atoms with Crippen molar-refractivity contribution in [2.75, 3.05) is 12.0 Å². The third-order valence-electron chi connectivity index (χ3n) is 6.92. The molecule has 2 aliphatic heterocycles. The van der Waals surface area contributed by atoms with E-state index >= 15 is 0 Å². The molecule has 8 nitrogen and oxygen atoms in total. The Morgan fingerprint density at radius 1 is 1.12 bits per heavy atom. The van der Waals surface area contributed by atoms with Crippen molar-refractivity contribution in [1.82, 2.24) is 10.2 Å². The van der Waals surface area contributed by atoms with Gasteiger partial charge >= 0.3 is 5.91 Å². The molecule has 3 heterocycles. The molecule has 0 aliphatic carbocycles. The van der Waals surface area contributed by atoms with Crippen LogP contribution < -0.4 is 14.4 Å². The molecule has 2 unspecified atom stereocenters. The minimum absolute atomic E-state index is 0.0161. The molecule has 2 aliphatic rings. The lowest BCUT2D eigenvalue weighted by atomic mass is 9.94. The highest BCUT2D eigenvalue weighted by Gasteiger charge is 2.48. The molecule has 208 valence electrons. The molecule has 1 saturated heterocycles. The number of halogens is 1. The molecule has 41 heavy (non-hydrogen) atoms. The maximum absolute atomic E-state index is 13.5. The van der Waals surface area contributed by atoms with E-state index < -0.39 is 17.7 Å². The van der Waals surface area contributed by atoms with Crippen molar-refractivity contribution < 1.29 is 24.2 Å². The van der Waals surface area contributed by atoms with Crippen LogP contribution in [0.3, 0.4) is 0 Å². The zero-order chi connectivity index (χ0) is 28.7. The summed E-state index contributed by atoms with van der Waals surface area (Å²) in [4.78, 5) is 28.4. The van der Waals surface area contributed by atoms with Crippen molar-refractivity contribution in [3.05, 3.63) is 99.6 Å². The predicted octanol–water partition coefficient (Wildman–Crippen LogP) is 6.44. The van der Waals surface area contributed by atoms with Crippen molar-refractivity contribution in [3.63, 3.8) is 0 Å². The van der Waals surface area contributed by atoms with Gasteiger partial charge in [0.25, 0.3) is 5.78 Å². The van der Waals surface area contributed by atoms with Gasteiger partial charge in [-0.1, -0.05) is 59.0 Å². The van der Waals surface area contributed by atoms with Crippen molar-refractivity contribution in [1.29, 1.82) is 0 Å². The van der Waals surface area contributed by atoms with E-state index in [9.17, 15) is 14.7 Å². The van der Waals surface area contributed by atoms with Crippen LogP contribution in [0.4, 0.5) is 5.13 Å². The van der Waals surface area contributed by atoms with Crippen LogP contribution in [0, 0.1) is 0 Å². The van der Waals surface area contributed by atoms with Gasteiger partial charge in [0.05, 0.1) is 18.7 Å². The van der Waals surface area contributed by atoms with Crippen molar-refractivity contribution in [3.8, 4) is 11.5 Å². The Morgan fingerprint density at radius 2 is 1.88 bits per heavy atom. The second-order valence-corrected chi connectivity index (χ2v) is 12.3. The van der Waals surface area contributed by atoms with Crippen LogP contribution in [0.15, 0.2) is 76.6 Å². The Morgan fingerprint density at radius 3 is 2.61 bits per heavy atom. The first-order valence-electron chi connectivity index (χ1n) is 12.8. The zero-order valence-electron chi connectivity index (χ0n) is 22.0. The number of ether oxygens (including phenoxy) is 2. The summed E-state index contributed by atoms with van der Waals surface area (Å²) in [5.74, 6) is 0.174. The summed E-state index contributed by atoms with van der Waals surface area (Å²) in [6, 6.07) is 18.9. The van der Waals surface area contributed by atoms with Crippen LogP contribution in [0.25, 0.3) is 5.76 Å². The quantitative estimate of drug-likeness (QED) is 0.0844. The first-order valence-corrected chi connectivity index (χ1v) is 15.0. The minimum Gasteiger partial charge on any atom is -0.507 e. The van der Waals surface area contributed by atoms with Gasteiger partial charge in [0, 0.05) is 22.8 Å². The van der Waals surface area contributed by atoms with Gasteiger partial charge in [-0.15, -0.1) is 10.2 Å². The number of nitrogens with zero attached hydrogens (tertiary/aromatic N) is 3. The van der Waals surface area contributed by atoms with E-state index in [1.807, 2.05) is 37.3 Å². The van der Waals surface area contributed by atoms with Gasteiger partial charge in [0.2, 0.25) is 5.13 Å². The first kappa shape index (κ1) is 27.3. The smallest absolute Gasteiger partial charge is 0.301 e. The number of Topliss-reactive ketones (excluding diaryl/α,β-unsaturated/α-hetero) is 1. The van der Waals surface area contributed by atoms with Gasteiger partial charge in [0.15, 0.2) is 4.34 Å². The summed E-state index contributed by atoms with van der Waals surface area (Å²) in [6.07, 6.45) is 0.713. The molecular weight excluding hydrogens is 582 g/mol. The number of hydrogen-bond donors (Lipinski definition) is 1. The number of fused-ring (bicyclic) bond motifs is 1. The van der Waals surface area contributed by atoms with E-state index in [1.165, 1.54) is 28.0 Å². The topological polar surface area (TPSA) is 102 Å². The molecule has 1 N–H and O–H groups in total. The van der Waals surface area contributed by atoms with Crippen LogP contribution in [-0.4, -0.2) is 40.2 Å². The summed E-state index contributed by atoms with van der Waals surface area (Å²) in [5.41, 5.74) is 3.04. The highest BCUT2D eigenvalue weighted by molar-refractivity contribution is 8.00. The number of aromatic nitrogens is 2. The van der Waals surface area contributed by atoms with Gasteiger partial charge in [-0.05, 0) is 66.1 Å². The van der Waals surface area contributed by atoms with Crippen LogP contribution >= 0.6 is 34.7 Å². The van der Waals surface area contributed by atoms with Crippen LogP contribution in [-0.2, 0) is 21.8 Å². The number of aliphatic hydroxyl groups is 1. The lowest BCUT2D eigenvalue weighted by molar-refractivity contribution is -0.132. The molecule has 0 bridgehead atoms. The number of thioether (sulfide) groups is 1. The average molecular weight is 606 g/mol. The second-order valence-electron chi connectivity index (χ2n) is 9.66. The Hall–Kier alpha value is -3.86. The summed E-state index contributed by atoms with van der Waals surface area (Å²) in [7, 11) is 1.56. The molecule has 1 aromatic heterocycles. The summed E-state index contributed by atoms with van der Waals surface area (Å²) in [5, 5.41) is 21.0. The van der Waals surface area contributed by atoms with Crippen LogP contribution in [0.5, 0.6) is 11.5 Å². The van der Waals surface area contributed by atoms with Crippen molar-refractivity contribution in [2.45, 2.75) is 35.6 Å². The maximum Gasteiger partial charge on any atom is 0.301 e. The van der Waals surface area contributed by atoms with Crippen LogP contribution in [0.2, 0.25) is 5.02 Å². The van der Waals surface area contributed by atoms with Gasteiger partial charge in [-0.3, -0.25) is 14.5 Å². The molecule has 0 radical (unpaired) electrons. The lowest BCUT2D eigenvalue weighted by Gasteiger charge is -2.22. The number of carbonyl (C=O) groups excluding carboxylic acids is 2. The third-order valence-corrected chi connectivity index (χ3v) is 9.30. The van der Waals surface area contributed by atoms with E-state index in [-0.39, 0.29) is 22.6 Å². The van der Waals surface area contributed by atoms with E-state index in [2.05, 4.69) is 10.2 Å². The monoisotopic (exact) mass is 605 g/mol. The first-order chi connectivity index (χ1) is 19.8. The number of hydrogen-bond acceptors (Lipinski definition) is 9. The van der Waals surface area contributed by atoms with E-state index in [4.69, 9.17) is 21.1 Å². The number of aliphatic hydroxyl groups excluding tert-OH is 1. The predicted molar refractivity (Wildman–Crippen MR) is 159 cm³/mol. The average Bonchev–Trinajstić information content (AvgIpc) is 3.67. The molecular formula is C30H24ClN3O5S2. The Bertz CT molecular complexity index is 1670. The fourth-order valence-electron chi connectivity index (χ4n) is 4.94. The Labute approximate surface area is 249 Å². The largest absolute Gasteiger partial charge is 0.507 e. The van der Waals surface area contributed by atoms with Gasteiger partial charge in [-0.2, -0.15) is 0 Å². The molecule has 1 fully saturated rings. The fraction of sp³-hybridized carbons (Fsp3) is 0.200. The molecule has 1 amide bonds. The zero-order valence-corrected chi connectivity index (χ0v) is 24.4. The second kappa shape index (κ2) is 11.2. The Balaban J connectivity index is 1.38.